The summed E-state index contributed by atoms with van der Waals surface area (Å²) in [7, 11) is 1.45. The summed E-state index contributed by atoms with van der Waals surface area (Å²) in [5, 5.41) is 20.1. The minimum absolute atomic E-state index is 0.138. The molecule has 1 aromatic carbocycles. The Kier molecular flexibility index (Phi) is 4.96. The fraction of sp³-hybridized carbons (Fsp3) is 0.312. The van der Waals surface area contributed by atoms with E-state index in [0.29, 0.717) is 10.7 Å². The molecule has 0 radical (unpaired) electrons. The normalized spacial score (nSPS) is 10.6. The third kappa shape index (κ3) is 3.17. The fourth-order valence-electron chi connectivity index (χ4n) is 2.15. The van der Waals surface area contributed by atoms with Crippen molar-refractivity contribution in [2.75, 3.05) is 13.4 Å². The zero-order valence-electron chi connectivity index (χ0n) is 13.3. The number of ether oxygens (including phenoxy) is 1. The number of aromatic hydroxyl groups is 1. The van der Waals surface area contributed by atoms with Crippen LogP contribution in [0.3, 0.4) is 0 Å². The monoisotopic (exact) mass is 331 g/mol. The quantitative estimate of drug-likeness (QED) is 0.660. The molecule has 2 N–H and O–H groups in total. The van der Waals surface area contributed by atoms with Gasteiger partial charge in [0.05, 0.1) is 7.11 Å². The molecule has 23 heavy (non-hydrogen) atoms. The number of hydrogen-bond donors (Lipinski definition) is 2. The van der Waals surface area contributed by atoms with E-state index in [2.05, 4.69) is 9.97 Å². The van der Waals surface area contributed by atoms with E-state index < -0.39 is 5.56 Å². The number of nitrogens with one attached hydrogen (secondary N) is 1. The van der Waals surface area contributed by atoms with Crippen molar-refractivity contribution in [1.82, 2.24) is 9.97 Å². The third-order valence-corrected chi connectivity index (χ3v) is 4.02. The Hall–Kier alpha value is -2.46. The highest BCUT2D eigenvalue weighted by atomic mass is 32.2. The lowest BCUT2D eigenvalue weighted by atomic mass is 9.97. The van der Waals surface area contributed by atoms with Crippen LogP contribution in [0.15, 0.2) is 22.1 Å². The maximum atomic E-state index is 12.1. The summed E-state index contributed by atoms with van der Waals surface area (Å²) < 4.78 is 5.21. The lowest BCUT2D eigenvalue weighted by molar-refractivity contribution is 0.373. The third-order valence-electron chi connectivity index (χ3n) is 3.44. The van der Waals surface area contributed by atoms with Crippen molar-refractivity contribution >= 4 is 11.8 Å². The molecule has 0 aliphatic heterocycles. The molecule has 0 bridgehead atoms. The molecule has 0 aliphatic rings. The molecule has 120 valence electrons. The molecule has 2 rings (SSSR count). The number of benzene rings is 1. The van der Waals surface area contributed by atoms with Crippen LogP contribution in [-0.4, -0.2) is 28.4 Å². The van der Waals surface area contributed by atoms with Crippen LogP contribution >= 0.6 is 11.8 Å². The zero-order chi connectivity index (χ0) is 17.1. The van der Waals surface area contributed by atoms with E-state index in [-0.39, 0.29) is 28.7 Å². The van der Waals surface area contributed by atoms with E-state index in [1.807, 2.05) is 19.9 Å². The van der Waals surface area contributed by atoms with E-state index in [1.54, 1.807) is 18.4 Å². The van der Waals surface area contributed by atoms with Gasteiger partial charge in [-0.15, -0.1) is 0 Å². The predicted octanol–water partition coefficient (Wildman–Crippen LogP) is 2.87. The molecule has 0 saturated carbocycles. The Balaban J connectivity index is 2.86. The second kappa shape index (κ2) is 6.75. The summed E-state index contributed by atoms with van der Waals surface area (Å²) in [5.41, 5.74) is 0.701. The van der Waals surface area contributed by atoms with Gasteiger partial charge in [0.2, 0.25) is 0 Å². The number of aromatic nitrogens is 2. The van der Waals surface area contributed by atoms with Gasteiger partial charge in [-0.25, -0.2) is 4.98 Å². The number of hydrogen-bond acceptors (Lipinski definition) is 6. The van der Waals surface area contributed by atoms with E-state index in [0.717, 1.165) is 5.56 Å². The summed E-state index contributed by atoms with van der Waals surface area (Å²) >= 11 is 1.25. The molecule has 0 fully saturated rings. The smallest absolute Gasteiger partial charge is 0.270 e. The van der Waals surface area contributed by atoms with Crippen LogP contribution < -0.4 is 10.3 Å². The number of H-pyrrole nitrogens is 1. The number of rotatable bonds is 4. The summed E-state index contributed by atoms with van der Waals surface area (Å²) in [4.78, 5) is 18.9. The average Bonchev–Trinajstić information content (AvgIpc) is 2.54. The van der Waals surface area contributed by atoms with Crippen molar-refractivity contribution in [3.05, 3.63) is 33.6 Å². The van der Waals surface area contributed by atoms with Crippen molar-refractivity contribution in [1.29, 1.82) is 5.26 Å². The second-order valence-corrected chi connectivity index (χ2v) is 5.98. The molecule has 0 atom stereocenters. The molecular weight excluding hydrogens is 314 g/mol. The van der Waals surface area contributed by atoms with Crippen molar-refractivity contribution in [2.24, 2.45) is 0 Å². The highest BCUT2D eigenvalue weighted by molar-refractivity contribution is 7.98. The molecule has 1 heterocycles. The summed E-state index contributed by atoms with van der Waals surface area (Å²) in [5.74, 6) is 0.317. The number of phenols is 1. The number of phenolic OH excluding ortho intramolecular Hbond substituents is 1. The fourth-order valence-corrected chi connectivity index (χ4v) is 2.52. The lowest BCUT2D eigenvalue weighted by Crippen LogP contribution is -2.14. The van der Waals surface area contributed by atoms with Gasteiger partial charge in [0.1, 0.15) is 17.3 Å². The molecule has 6 nitrogen and oxygen atoms in total. The van der Waals surface area contributed by atoms with Crippen LogP contribution in [0.4, 0.5) is 0 Å². The van der Waals surface area contributed by atoms with Crippen molar-refractivity contribution in [2.45, 2.75) is 24.9 Å². The van der Waals surface area contributed by atoms with E-state index in [9.17, 15) is 15.2 Å². The van der Waals surface area contributed by atoms with E-state index in [4.69, 9.17) is 4.74 Å². The topological polar surface area (TPSA) is 99.0 Å². The SMILES string of the molecule is COc1cc(C(C)C)cc(-c2nc(SC)[nH]c(=O)c2C#N)c1O. The first-order valence-electron chi connectivity index (χ1n) is 6.92. The Morgan fingerprint density at radius 1 is 1.43 bits per heavy atom. The highest BCUT2D eigenvalue weighted by Gasteiger charge is 2.20. The molecule has 7 heteroatoms. The average molecular weight is 331 g/mol. The molecule has 0 spiro atoms. The van der Waals surface area contributed by atoms with Crippen LogP contribution in [0.1, 0.15) is 30.9 Å². The lowest BCUT2D eigenvalue weighted by Gasteiger charge is -2.14. The number of nitriles is 1. The zero-order valence-corrected chi connectivity index (χ0v) is 14.1. The van der Waals surface area contributed by atoms with E-state index >= 15 is 0 Å². The van der Waals surface area contributed by atoms with E-state index in [1.165, 1.54) is 18.9 Å². The number of nitrogens with zero attached hydrogens (tertiary/aromatic N) is 2. The van der Waals surface area contributed by atoms with Gasteiger partial charge in [0.25, 0.3) is 5.56 Å². The predicted molar refractivity (Wildman–Crippen MR) is 89.1 cm³/mol. The first-order valence-corrected chi connectivity index (χ1v) is 8.15. The van der Waals surface area contributed by atoms with Crippen LogP contribution in [0.5, 0.6) is 11.5 Å². The molecule has 0 aliphatic carbocycles. The summed E-state index contributed by atoms with van der Waals surface area (Å²) in [6, 6.07) is 5.33. The molecule has 0 saturated heterocycles. The van der Waals surface area contributed by atoms with Crippen molar-refractivity contribution in [3.63, 3.8) is 0 Å². The van der Waals surface area contributed by atoms with Gasteiger partial charge in [0, 0.05) is 5.56 Å². The van der Waals surface area contributed by atoms with Gasteiger partial charge in [-0.3, -0.25) is 4.79 Å². The standard InChI is InChI=1S/C16H17N3O3S/c1-8(2)9-5-10(14(20)12(6-9)22-3)13-11(7-17)15(21)19-16(18-13)23-4/h5-6,8,20H,1-4H3,(H,18,19,21). The summed E-state index contributed by atoms with van der Waals surface area (Å²) in [6.45, 7) is 4.00. The largest absolute Gasteiger partial charge is 0.504 e. The van der Waals surface area contributed by atoms with Gasteiger partial charge in [-0.2, -0.15) is 5.26 Å². The Morgan fingerprint density at radius 2 is 2.13 bits per heavy atom. The van der Waals surface area contributed by atoms with Crippen LogP contribution in [0.25, 0.3) is 11.3 Å². The maximum Gasteiger partial charge on any atom is 0.270 e. The van der Waals surface area contributed by atoms with Crippen LogP contribution in [-0.2, 0) is 0 Å². The second-order valence-electron chi connectivity index (χ2n) is 5.18. The first kappa shape index (κ1) is 16.9. The number of methoxy groups -OCH3 is 1. The molecule has 0 unspecified atom stereocenters. The molecule has 2 aromatic rings. The van der Waals surface area contributed by atoms with Crippen LogP contribution in [0.2, 0.25) is 0 Å². The Bertz CT molecular complexity index is 838. The number of thioether (sulfide) groups is 1. The molecule has 0 amide bonds. The molecular formula is C16H17N3O3S. The van der Waals surface area contributed by atoms with Gasteiger partial charge in [-0.1, -0.05) is 25.6 Å². The molecule has 1 aromatic heterocycles. The van der Waals surface area contributed by atoms with Gasteiger partial charge < -0.3 is 14.8 Å². The van der Waals surface area contributed by atoms with Crippen molar-refractivity contribution in [3.8, 4) is 28.8 Å². The maximum absolute atomic E-state index is 12.1. The number of aromatic amines is 1. The van der Waals surface area contributed by atoms with Crippen molar-refractivity contribution < 1.29 is 9.84 Å². The first-order chi connectivity index (χ1) is 10.9. The Labute approximate surface area is 138 Å². The van der Waals surface area contributed by atoms with Gasteiger partial charge in [0.15, 0.2) is 16.7 Å². The summed E-state index contributed by atoms with van der Waals surface area (Å²) in [6.07, 6.45) is 1.76. The highest BCUT2D eigenvalue weighted by Crippen LogP contribution is 2.40. The minimum Gasteiger partial charge on any atom is -0.504 e. The van der Waals surface area contributed by atoms with Gasteiger partial charge in [-0.05, 0) is 29.9 Å². The minimum atomic E-state index is -0.532. The van der Waals surface area contributed by atoms with Gasteiger partial charge >= 0.3 is 0 Å². The van der Waals surface area contributed by atoms with Crippen LogP contribution in [0, 0.1) is 11.3 Å². The Morgan fingerprint density at radius 3 is 2.65 bits per heavy atom.